The minimum absolute atomic E-state index is 0.0716. The molecule has 1 fully saturated rings. The lowest BCUT2D eigenvalue weighted by molar-refractivity contribution is -0.122. The number of nitrogens with zero attached hydrogens (tertiary/aromatic N) is 1. The van der Waals surface area contributed by atoms with E-state index in [2.05, 4.69) is 5.32 Å². The third-order valence-electron chi connectivity index (χ3n) is 4.55. The molecular weight excluding hydrogens is 347 g/mol. The molecule has 1 heterocycles. The van der Waals surface area contributed by atoms with Crippen LogP contribution in [0.1, 0.15) is 36.5 Å². The topological polar surface area (TPSA) is 58.6 Å². The largest absolute Gasteiger partial charge is 0.481 e. The minimum atomic E-state index is -0.798. The molecule has 1 aliphatic heterocycles. The Hall–Kier alpha value is -2.89. The SMILES string of the molecule is C[C@H](Oc1ccc(F)cc1)C(=O)Nc1ccccc1C(=O)N1CCCCC1. The summed E-state index contributed by atoms with van der Waals surface area (Å²) in [5, 5.41) is 2.78. The second-order valence-electron chi connectivity index (χ2n) is 6.60. The number of hydrogen-bond donors (Lipinski definition) is 1. The third-order valence-corrected chi connectivity index (χ3v) is 4.55. The molecule has 1 aliphatic rings. The van der Waals surface area contributed by atoms with Crippen molar-refractivity contribution >= 4 is 17.5 Å². The summed E-state index contributed by atoms with van der Waals surface area (Å²) < 4.78 is 18.5. The van der Waals surface area contributed by atoms with Crippen molar-refractivity contribution < 1.29 is 18.7 Å². The fourth-order valence-corrected chi connectivity index (χ4v) is 3.05. The van der Waals surface area contributed by atoms with E-state index >= 15 is 0 Å². The number of likely N-dealkylation sites (tertiary alicyclic amines) is 1. The minimum Gasteiger partial charge on any atom is -0.481 e. The summed E-state index contributed by atoms with van der Waals surface area (Å²) in [7, 11) is 0. The van der Waals surface area contributed by atoms with E-state index in [1.165, 1.54) is 24.3 Å². The van der Waals surface area contributed by atoms with Crippen LogP contribution in [0.4, 0.5) is 10.1 Å². The summed E-state index contributed by atoms with van der Waals surface area (Å²) in [6.45, 7) is 3.09. The zero-order valence-corrected chi connectivity index (χ0v) is 15.3. The zero-order valence-electron chi connectivity index (χ0n) is 15.3. The molecule has 0 aromatic heterocycles. The Morgan fingerprint density at radius 1 is 1.04 bits per heavy atom. The van der Waals surface area contributed by atoms with Gasteiger partial charge in [-0.2, -0.15) is 0 Å². The quantitative estimate of drug-likeness (QED) is 0.870. The van der Waals surface area contributed by atoms with Crippen LogP contribution in [0.25, 0.3) is 0 Å². The number of halogens is 1. The van der Waals surface area contributed by atoms with Gasteiger partial charge in [0.1, 0.15) is 11.6 Å². The van der Waals surface area contributed by atoms with Crippen LogP contribution in [-0.2, 0) is 4.79 Å². The molecule has 0 aliphatic carbocycles. The molecule has 2 aromatic carbocycles. The summed E-state index contributed by atoms with van der Waals surface area (Å²) in [6, 6.07) is 12.5. The molecule has 0 radical (unpaired) electrons. The monoisotopic (exact) mass is 370 g/mol. The van der Waals surface area contributed by atoms with E-state index in [1.54, 1.807) is 31.2 Å². The van der Waals surface area contributed by atoms with E-state index in [0.717, 1.165) is 32.4 Å². The van der Waals surface area contributed by atoms with Gasteiger partial charge in [-0.05, 0) is 62.6 Å². The summed E-state index contributed by atoms with van der Waals surface area (Å²) in [6.07, 6.45) is 2.35. The number of rotatable bonds is 5. The van der Waals surface area contributed by atoms with E-state index in [9.17, 15) is 14.0 Å². The Kier molecular flexibility index (Phi) is 6.06. The highest BCUT2D eigenvalue weighted by Gasteiger charge is 2.22. The van der Waals surface area contributed by atoms with E-state index in [1.807, 2.05) is 4.90 Å². The first-order valence-corrected chi connectivity index (χ1v) is 9.16. The molecule has 3 rings (SSSR count). The first-order chi connectivity index (χ1) is 13.0. The maximum absolute atomic E-state index is 13.0. The standard InChI is InChI=1S/C21H23FN2O3/c1-15(27-17-11-9-16(22)10-12-17)20(25)23-19-8-4-3-7-18(19)21(26)24-13-5-2-6-14-24/h3-4,7-12,15H,2,5-6,13-14H2,1H3,(H,23,25)/t15-/m0/s1. The lowest BCUT2D eigenvalue weighted by Gasteiger charge is -2.27. The smallest absolute Gasteiger partial charge is 0.265 e. The molecule has 1 atom stereocenters. The summed E-state index contributed by atoms with van der Waals surface area (Å²) in [5.74, 6) is -0.419. The van der Waals surface area contributed by atoms with Crippen molar-refractivity contribution in [1.82, 2.24) is 4.90 Å². The number of ether oxygens (including phenoxy) is 1. The van der Waals surface area contributed by atoms with Crippen molar-refractivity contribution in [3.8, 4) is 5.75 Å². The van der Waals surface area contributed by atoms with Crippen molar-refractivity contribution in [2.75, 3.05) is 18.4 Å². The van der Waals surface area contributed by atoms with Crippen LogP contribution < -0.4 is 10.1 Å². The van der Waals surface area contributed by atoms with Crippen LogP contribution in [0.2, 0.25) is 0 Å². The normalized spacial score (nSPS) is 15.1. The van der Waals surface area contributed by atoms with Crippen LogP contribution in [0.15, 0.2) is 48.5 Å². The van der Waals surface area contributed by atoms with Crippen molar-refractivity contribution in [3.63, 3.8) is 0 Å². The van der Waals surface area contributed by atoms with Gasteiger partial charge in [-0.3, -0.25) is 9.59 Å². The first-order valence-electron chi connectivity index (χ1n) is 9.16. The average Bonchev–Trinajstić information content (AvgIpc) is 2.70. The van der Waals surface area contributed by atoms with Crippen LogP contribution in [0.5, 0.6) is 5.75 Å². The molecule has 142 valence electrons. The molecule has 27 heavy (non-hydrogen) atoms. The molecule has 1 saturated heterocycles. The van der Waals surface area contributed by atoms with Gasteiger partial charge in [-0.25, -0.2) is 4.39 Å². The number of piperidine rings is 1. The van der Waals surface area contributed by atoms with Gasteiger partial charge in [-0.1, -0.05) is 12.1 Å². The molecule has 6 heteroatoms. The van der Waals surface area contributed by atoms with Gasteiger partial charge in [0, 0.05) is 13.1 Å². The van der Waals surface area contributed by atoms with Crippen molar-refractivity contribution in [2.24, 2.45) is 0 Å². The Balaban J connectivity index is 1.68. The number of hydrogen-bond acceptors (Lipinski definition) is 3. The molecule has 0 unspecified atom stereocenters. The van der Waals surface area contributed by atoms with Gasteiger partial charge in [0.05, 0.1) is 11.3 Å². The third kappa shape index (κ3) is 4.84. The number of benzene rings is 2. The molecule has 1 N–H and O–H groups in total. The van der Waals surface area contributed by atoms with Gasteiger partial charge < -0.3 is 15.0 Å². The molecule has 0 saturated carbocycles. The maximum atomic E-state index is 13.0. The van der Waals surface area contributed by atoms with E-state index in [0.29, 0.717) is 17.0 Å². The summed E-state index contributed by atoms with van der Waals surface area (Å²) in [5.41, 5.74) is 0.939. The Bertz CT molecular complexity index is 801. The van der Waals surface area contributed by atoms with E-state index < -0.39 is 6.10 Å². The average molecular weight is 370 g/mol. The Labute approximate surface area is 158 Å². The van der Waals surface area contributed by atoms with Gasteiger partial charge in [-0.15, -0.1) is 0 Å². The van der Waals surface area contributed by atoms with Crippen molar-refractivity contribution in [3.05, 3.63) is 59.9 Å². The first kappa shape index (κ1) is 18.9. The zero-order chi connectivity index (χ0) is 19.2. The summed E-state index contributed by atoms with van der Waals surface area (Å²) in [4.78, 5) is 27.1. The number of para-hydroxylation sites is 1. The van der Waals surface area contributed by atoms with Crippen LogP contribution >= 0.6 is 0 Å². The Morgan fingerprint density at radius 3 is 2.41 bits per heavy atom. The molecule has 5 nitrogen and oxygen atoms in total. The number of amides is 2. The lowest BCUT2D eigenvalue weighted by atomic mass is 10.1. The second-order valence-corrected chi connectivity index (χ2v) is 6.60. The van der Waals surface area contributed by atoms with Crippen LogP contribution in [0.3, 0.4) is 0 Å². The maximum Gasteiger partial charge on any atom is 0.265 e. The lowest BCUT2D eigenvalue weighted by Crippen LogP contribution is -2.36. The van der Waals surface area contributed by atoms with Gasteiger partial charge in [0.15, 0.2) is 6.10 Å². The highest BCUT2D eigenvalue weighted by atomic mass is 19.1. The van der Waals surface area contributed by atoms with Crippen LogP contribution in [-0.4, -0.2) is 35.9 Å². The van der Waals surface area contributed by atoms with Gasteiger partial charge in [0.25, 0.3) is 11.8 Å². The number of anilines is 1. The molecule has 2 amide bonds. The predicted octanol–water partition coefficient (Wildman–Crippen LogP) is 3.86. The highest BCUT2D eigenvalue weighted by molar-refractivity contribution is 6.04. The predicted molar refractivity (Wildman–Crippen MR) is 101 cm³/mol. The van der Waals surface area contributed by atoms with Gasteiger partial charge >= 0.3 is 0 Å². The Morgan fingerprint density at radius 2 is 1.70 bits per heavy atom. The van der Waals surface area contributed by atoms with E-state index in [4.69, 9.17) is 4.74 Å². The molecule has 2 aromatic rings. The number of carbonyl (C=O) groups is 2. The molecule has 0 bridgehead atoms. The van der Waals surface area contributed by atoms with E-state index in [-0.39, 0.29) is 17.6 Å². The molecule has 0 spiro atoms. The number of carbonyl (C=O) groups excluding carboxylic acids is 2. The summed E-state index contributed by atoms with van der Waals surface area (Å²) >= 11 is 0. The fourth-order valence-electron chi connectivity index (χ4n) is 3.05. The van der Waals surface area contributed by atoms with Gasteiger partial charge in [0.2, 0.25) is 0 Å². The highest BCUT2D eigenvalue weighted by Crippen LogP contribution is 2.21. The van der Waals surface area contributed by atoms with Crippen molar-refractivity contribution in [1.29, 1.82) is 0 Å². The fraction of sp³-hybridized carbons (Fsp3) is 0.333. The number of nitrogens with one attached hydrogen (secondary N) is 1. The molecular formula is C21H23FN2O3. The second kappa shape index (κ2) is 8.66. The van der Waals surface area contributed by atoms with Crippen LogP contribution in [0, 0.1) is 5.82 Å². The van der Waals surface area contributed by atoms with Crippen molar-refractivity contribution in [2.45, 2.75) is 32.3 Å².